The zero-order valence-corrected chi connectivity index (χ0v) is 7.34. The first-order valence-corrected chi connectivity index (χ1v) is 3.90. The highest BCUT2D eigenvalue weighted by Gasteiger charge is 2.10. The van der Waals surface area contributed by atoms with Crippen LogP contribution < -0.4 is 5.73 Å². The molecule has 0 aliphatic carbocycles. The molecule has 0 radical (unpaired) electrons. The van der Waals surface area contributed by atoms with Gasteiger partial charge in [0.1, 0.15) is 0 Å². The minimum absolute atomic E-state index is 0.256. The highest BCUT2D eigenvalue weighted by atomic mass is 79.9. The summed E-state index contributed by atoms with van der Waals surface area (Å²) in [4.78, 5) is 0. The van der Waals surface area contributed by atoms with Crippen molar-refractivity contribution in [2.45, 2.75) is 12.5 Å². The van der Waals surface area contributed by atoms with Crippen LogP contribution in [0.25, 0.3) is 0 Å². The second-order valence-corrected chi connectivity index (χ2v) is 2.84. The van der Waals surface area contributed by atoms with E-state index >= 15 is 0 Å². The lowest BCUT2D eigenvalue weighted by atomic mass is 10.1. The molecule has 1 rings (SSSR count). The highest BCUT2D eigenvalue weighted by molar-refractivity contribution is 9.10. The van der Waals surface area contributed by atoms with Gasteiger partial charge in [0.15, 0.2) is 4.67 Å². The summed E-state index contributed by atoms with van der Waals surface area (Å²) in [6.07, 6.45) is 1.84. The van der Waals surface area contributed by atoms with Gasteiger partial charge in [-0.3, -0.25) is 0 Å². The Morgan fingerprint density at radius 3 is 3.00 bits per heavy atom. The van der Waals surface area contributed by atoms with Crippen molar-refractivity contribution in [2.24, 2.45) is 5.73 Å². The molecule has 1 aromatic heterocycles. The van der Waals surface area contributed by atoms with E-state index in [9.17, 15) is 0 Å². The fourth-order valence-corrected chi connectivity index (χ4v) is 1.31. The van der Waals surface area contributed by atoms with Gasteiger partial charge in [0, 0.05) is 11.6 Å². The van der Waals surface area contributed by atoms with Gasteiger partial charge < -0.3 is 10.2 Å². The SMILES string of the molecule is N#CC[C@@H](N)c1ccoc1Br. The van der Waals surface area contributed by atoms with Crippen molar-refractivity contribution in [3.05, 3.63) is 22.6 Å². The van der Waals surface area contributed by atoms with Crippen LogP contribution in [0, 0.1) is 11.3 Å². The molecule has 1 heterocycles. The van der Waals surface area contributed by atoms with Crippen LogP contribution in [0.4, 0.5) is 0 Å². The molecule has 0 bridgehead atoms. The Morgan fingerprint density at radius 1 is 1.82 bits per heavy atom. The zero-order valence-electron chi connectivity index (χ0n) is 5.75. The van der Waals surface area contributed by atoms with E-state index in [0.717, 1.165) is 5.56 Å². The van der Waals surface area contributed by atoms with Crippen molar-refractivity contribution in [3.63, 3.8) is 0 Å². The molecule has 0 spiro atoms. The first-order valence-electron chi connectivity index (χ1n) is 3.11. The summed E-state index contributed by atoms with van der Waals surface area (Å²) in [6, 6.07) is 3.50. The van der Waals surface area contributed by atoms with Crippen LogP contribution in [0.3, 0.4) is 0 Å². The molecule has 0 aromatic carbocycles. The predicted octanol–water partition coefficient (Wildman–Crippen LogP) is 1.96. The van der Waals surface area contributed by atoms with Crippen molar-refractivity contribution < 1.29 is 4.42 Å². The monoisotopic (exact) mass is 214 g/mol. The lowest BCUT2D eigenvalue weighted by molar-refractivity contribution is 0.531. The maximum absolute atomic E-state index is 8.35. The third-order valence-corrected chi connectivity index (χ3v) is 2.00. The van der Waals surface area contributed by atoms with Gasteiger partial charge in [0.05, 0.1) is 18.8 Å². The molecule has 0 unspecified atom stereocenters. The lowest BCUT2D eigenvalue weighted by Crippen LogP contribution is -2.08. The third-order valence-electron chi connectivity index (χ3n) is 1.36. The largest absolute Gasteiger partial charge is 0.457 e. The average molecular weight is 215 g/mol. The quantitative estimate of drug-likeness (QED) is 0.819. The molecule has 58 valence electrons. The van der Waals surface area contributed by atoms with E-state index in [1.54, 1.807) is 6.07 Å². The first-order chi connectivity index (χ1) is 5.25. The Kier molecular flexibility index (Phi) is 2.69. The van der Waals surface area contributed by atoms with Gasteiger partial charge in [0.25, 0.3) is 0 Å². The van der Waals surface area contributed by atoms with Crippen molar-refractivity contribution in [3.8, 4) is 6.07 Å². The summed E-state index contributed by atoms with van der Waals surface area (Å²) in [5, 5.41) is 8.35. The molecule has 0 saturated carbocycles. The normalized spacial score (nSPS) is 12.5. The first kappa shape index (κ1) is 8.31. The molecule has 0 aliphatic rings. The molecule has 0 fully saturated rings. The molecule has 0 saturated heterocycles. The van der Waals surface area contributed by atoms with Gasteiger partial charge in [-0.05, 0) is 22.0 Å². The number of hydrogen-bond donors (Lipinski definition) is 1. The number of furan rings is 1. The van der Waals surface area contributed by atoms with Crippen molar-refractivity contribution in [1.29, 1.82) is 5.26 Å². The summed E-state index contributed by atoms with van der Waals surface area (Å²) < 4.78 is 5.57. The maximum Gasteiger partial charge on any atom is 0.173 e. The molecular formula is C7H7BrN2O. The van der Waals surface area contributed by atoms with Gasteiger partial charge in [-0.15, -0.1) is 0 Å². The van der Waals surface area contributed by atoms with Crippen molar-refractivity contribution in [2.75, 3.05) is 0 Å². The minimum atomic E-state index is -0.256. The van der Waals surface area contributed by atoms with Crippen LogP contribution in [0.15, 0.2) is 21.4 Å². The summed E-state index contributed by atoms with van der Waals surface area (Å²) >= 11 is 3.18. The highest BCUT2D eigenvalue weighted by Crippen LogP contribution is 2.24. The summed E-state index contributed by atoms with van der Waals surface area (Å²) in [6.45, 7) is 0. The third kappa shape index (κ3) is 1.82. The Hall–Kier alpha value is -0.790. The van der Waals surface area contributed by atoms with Crippen LogP contribution in [0.5, 0.6) is 0 Å². The molecule has 0 aliphatic heterocycles. The lowest BCUT2D eigenvalue weighted by Gasteiger charge is -2.02. The molecule has 1 aromatic rings. The van der Waals surface area contributed by atoms with Crippen LogP contribution in [-0.2, 0) is 0 Å². The zero-order chi connectivity index (χ0) is 8.27. The topological polar surface area (TPSA) is 63.0 Å². The smallest absolute Gasteiger partial charge is 0.173 e. The number of rotatable bonds is 2. The Bertz CT molecular complexity index is 276. The number of nitrogens with two attached hydrogens (primary N) is 1. The van der Waals surface area contributed by atoms with Gasteiger partial charge in [-0.1, -0.05) is 0 Å². The maximum atomic E-state index is 8.35. The Morgan fingerprint density at radius 2 is 2.55 bits per heavy atom. The van der Waals surface area contributed by atoms with E-state index in [2.05, 4.69) is 15.9 Å². The van der Waals surface area contributed by atoms with Gasteiger partial charge >= 0.3 is 0 Å². The van der Waals surface area contributed by atoms with E-state index in [4.69, 9.17) is 15.4 Å². The predicted molar refractivity (Wildman–Crippen MR) is 43.6 cm³/mol. The van der Waals surface area contributed by atoms with Gasteiger partial charge in [-0.2, -0.15) is 5.26 Å². The fraction of sp³-hybridized carbons (Fsp3) is 0.286. The number of nitrogens with zero attached hydrogens (tertiary/aromatic N) is 1. The van der Waals surface area contributed by atoms with Crippen LogP contribution >= 0.6 is 15.9 Å². The fourth-order valence-electron chi connectivity index (χ4n) is 0.778. The van der Waals surface area contributed by atoms with E-state index in [1.807, 2.05) is 6.07 Å². The van der Waals surface area contributed by atoms with E-state index in [-0.39, 0.29) is 6.04 Å². The van der Waals surface area contributed by atoms with E-state index in [1.165, 1.54) is 6.26 Å². The standard InChI is InChI=1S/C7H7BrN2O/c8-7-5(2-4-11-7)6(10)1-3-9/h2,4,6H,1,10H2/t6-/m1/s1. The Labute approximate surface area is 72.9 Å². The molecule has 4 heteroatoms. The van der Waals surface area contributed by atoms with Gasteiger partial charge in [-0.25, -0.2) is 0 Å². The summed E-state index contributed by atoms with van der Waals surface area (Å²) in [7, 11) is 0. The molecule has 2 N–H and O–H groups in total. The average Bonchev–Trinajstić information content (AvgIpc) is 2.36. The van der Waals surface area contributed by atoms with Crippen molar-refractivity contribution >= 4 is 15.9 Å². The van der Waals surface area contributed by atoms with E-state index in [0.29, 0.717) is 11.1 Å². The summed E-state index contributed by atoms with van der Waals surface area (Å²) in [5.41, 5.74) is 6.48. The minimum Gasteiger partial charge on any atom is -0.457 e. The van der Waals surface area contributed by atoms with E-state index < -0.39 is 0 Å². The second kappa shape index (κ2) is 3.56. The van der Waals surface area contributed by atoms with Gasteiger partial charge in [0.2, 0.25) is 0 Å². The van der Waals surface area contributed by atoms with Crippen molar-refractivity contribution in [1.82, 2.24) is 0 Å². The molecule has 1 atom stereocenters. The second-order valence-electron chi connectivity index (χ2n) is 2.12. The number of halogens is 1. The van der Waals surface area contributed by atoms with Crippen LogP contribution in [0.2, 0.25) is 0 Å². The Balaban J connectivity index is 2.77. The number of hydrogen-bond acceptors (Lipinski definition) is 3. The summed E-state index contributed by atoms with van der Waals surface area (Å²) in [5.74, 6) is 0. The molecular weight excluding hydrogens is 208 g/mol. The van der Waals surface area contributed by atoms with Crippen LogP contribution in [-0.4, -0.2) is 0 Å². The molecule has 0 amide bonds. The van der Waals surface area contributed by atoms with Crippen LogP contribution in [0.1, 0.15) is 18.0 Å². The molecule has 11 heavy (non-hydrogen) atoms. The molecule has 3 nitrogen and oxygen atoms in total. The number of nitriles is 1.